The van der Waals surface area contributed by atoms with E-state index in [4.69, 9.17) is 0 Å². The van der Waals surface area contributed by atoms with Gasteiger partial charge in [0.25, 0.3) is 0 Å². The van der Waals surface area contributed by atoms with Crippen molar-refractivity contribution < 1.29 is 8.42 Å². The van der Waals surface area contributed by atoms with Gasteiger partial charge in [-0.05, 0) is 45.7 Å². The lowest BCUT2D eigenvalue weighted by Gasteiger charge is -2.21. The molecule has 1 aromatic heterocycles. The molecule has 0 amide bonds. The summed E-state index contributed by atoms with van der Waals surface area (Å²) in [6.45, 7) is 7.27. The van der Waals surface area contributed by atoms with Crippen LogP contribution in [0.4, 0.5) is 5.82 Å². The van der Waals surface area contributed by atoms with Gasteiger partial charge in [-0.2, -0.15) is 4.31 Å². The molecule has 0 spiro atoms. The third-order valence-electron chi connectivity index (χ3n) is 3.00. The summed E-state index contributed by atoms with van der Waals surface area (Å²) in [5.74, 6) is 0.597. The Kier molecular flexibility index (Phi) is 4.31. The molecule has 0 radical (unpaired) electrons. The summed E-state index contributed by atoms with van der Waals surface area (Å²) < 4.78 is 26.1. The number of anilines is 1. The van der Waals surface area contributed by atoms with Crippen molar-refractivity contribution in [3.8, 4) is 0 Å². The molecule has 0 aliphatic carbocycles. The summed E-state index contributed by atoms with van der Waals surface area (Å²) in [4.78, 5) is 4.39. The smallest absolute Gasteiger partial charge is 0.244 e. The second-order valence-electron chi connectivity index (χ2n) is 5.99. The van der Waals surface area contributed by atoms with Gasteiger partial charge in [0.1, 0.15) is 10.7 Å². The normalized spacial score (nSPS) is 17.4. The van der Waals surface area contributed by atoms with Crippen LogP contribution in [0.5, 0.6) is 0 Å². The zero-order valence-electron chi connectivity index (χ0n) is 12.2. The number of nitrogens with one attached hydrogen (secondary N) is 2. The number of rotatable bonds is 4. The predicted octanol–water partition coefficient (Wildman–Crippen LogP) is 1.58. The number of hydrazine groups is 1. The van der Waals surface area contributed by atoms with Crippen LogP contribution in [0, 0.1) is 0 Å². The molecule has 1 aliphatic rings. The molecule has 1 saturated heterocycles. The monoisotopic (exact) mass is 298 g/mol. The van der Waals surface area contributed by atoms with Crippen molar-refractivity contribution >= 4 is 15.8 Å². The van der Waals surface area contributed by atoms with Gasteiger partial charge in [0.15, 0.2) is 0 Å². The van der Waals surface area contributed by atoms with Crippen LogP contribution in [-0.4, -0.2) is 36.3 Å². The van der Waals surface area contributed by atoms with Crippen molar-refractivity contribution in [3.63, 3.8) is 0 Å². The van der Waals surface area contributed by atoms with Crippen LogP contribution in [0.25, 0.3) is 0 Å². The maximum absolute atomic E-state index is 12.3. The Hall–Kier alpha value is -1.18. The third kappa shape index (κ3) is 3.68. The van der Waals surface area contributed by atoms with Gasteiger partial charge >= 0.3 is 0 Å². The molecule has 0 unspecified atom stereocenters. The van der Waals surface area contributed by atoms with E-state index < -0.39 is 10.0 Å². The van der Waals surface area contributed by atoms with Crippen LogP contribution in [0.15, 0.2) is 23.2 Å². The van der Waals surface area contributed by atoms with Crippen molar-refractivity contribution in [2.24, 2.45) is 0 Å². The third-order valence-corrected chi connectivity index (χ3v) is 4.89. The summed E-state index contributed by atoms with van der Waals surface area (Å²) in [7, 11) is -3.38. The molecule has 2 N–H and O–H groups in total. The Bertz CT molecular complexity index is 543. The van der Waals surface area contributed by atoms with Crippen molar-refractivity contribution in [2.45, 2.75) is 44.0 Å². The molecule has 0 bridgehead atoms. The summed E-state index contributed by atoms with van der Waals surface area (Å²) >= 11 is 0. The maximum atomic E-state index is 12.3. The fourth-order valence-corrected chi connectivity index (χ4v) is 3.40. The van der Waals surface area contributed by atoms with Gasteiger partial charge in [-0.15, -0.1) is 0 Å². The molecule has 1 aromatic rings. The van der Waals surface area contributed by atoms with Gasteiger partial charge in [0.2, 0.25) is 10.0 Å². The highest BCUT2D eigenvalue weighted by Crippen LogP contribution is 2.20. The first kappa shape index (κ1) is 15.2. The second-order valence-corrected chi connectivity index (χ2v) is 7.93. The van der Waals surface area contributed by atoms with Crippen LogP contribution in [0.2, 0.25) is 0 Å². The topological polar surface area (TPSA) is 74.3 Å². The Labute approximate surface area is 120 Å². The summed E-state index contributed by atoms with van der Waals surface area (Å²) in [6.07, 6.45) is 3.27. The predicted molar refractivity (Wildman–Crippen MR) is 78.7 cm³/mol. The van der Waals surface area contributed by atoms with Crippen molar-refractivity contribution in [1.29, 1.82) is 0 Å². The molecule has 2 heterocycles. The molecule has 20 heavy (non-hydrogen) atoms. The van der Waals surface area contributed by atoms with Gasteiger partial charge in [0, 0.05) is 24.8 Å². The lowest BCUT2D eigenvalue weighted by Crippen LogP contribution is -2.40. The number of hydrogen-bond acceptors (Lipinski definition) is 5. The average molecular weight is 298 g/mol. The molecule has 2 rings (SSSR count). The summed E-state index contributed by atoms with van der Waals surface area (Å²) in [5.41, 5.74) is 5.95. The van der Waals surface area contributed by atoms with E-state index in [1.54, 1.807) is 12.1 Å². The maximum Gasteiger partial charge on any atom is 0.244 e. The lowest BCUT2D eigenvalue weighted by atomic mass is 10.1. The second kappa shape index (κ2) is 5.67. The number of aromatic nitrogens is 1. The van der Waals surface area contributed by atoms with Crippen LogP contribution in [-0.2, 0) is 10.0 Å². The van der Waals surface area contributed by atoms with Crippen LogP contribution in [0.1, 0.15) is 33.6 Å². The van der Waals surface area contributed by atoms with Crippen molar-refractivity contribution in [1.82, 2.24) is 14.7 Å². The molecule has 112 valence electrons. The van der Waals surface area contributed by atoms with Gasteiger partial charge in [0.05, 0.1) is 0 Å². The molecule has 0 aromatic carbocycles. The average Bonchev–Trinajstić information content (AvgIpc) is 2.90. The number of pyridine rings is 1. The minimum Gasteiger partial charge on any atom is -0.305 e. The zero-order valence-corrected chi connectivity index (χ0v) is 13.0. The lowest BCUT2D eigenvalue weighted by molar-refractivity contribution is 0.464. The zero-order chi connectivity index (χ0) is 14.8. The first-order valence-corrected chi connectivity index (χ1v) is 8.22. The minimum atomic E-state index is -3.38. The molecule has 1 fully saturated rings. The number of nitrogens with zero attached hydrogens (tertiary/aromatic N) is 2. The molecular weight excluding hydrogens is 276 g/mol. The number of sulfonamides is 1. The highest BCUT2D eigenvalue weighted by atomic mass is 32.2. The molecule has 6 nitrogen and oxygen atoms in total. The van der Waals surface area contributed by atoms with E-state index in [0.717, 1.165) is 12.8 Å². The highest BCUT2D eigenvalue weighted by molar-refractivity contribution is 7.89. The molecule has 0 atom stereocenters. The van der Waals surface area contributed by atoms with Crippen LogP contribution in [0.3, 0.4) is 0 Å². The van der Waals surface area contributed by atoms with Crippen LogP contribution >= 0.6 is 0 Å². The standard InChI is InChI=1S/C13H22N4O2S/c1-13(2,3)16-15-12-7-6-11(10-14-12)20(18,19)17-8-4-5-9-17/h6-7,10,16H,4-5,8-9H2,1-3H3,(H,14,15). The molecule has 1 aliphatic heterocycles. The first-order valence-electron chi connectivity index (χ1n) is 6.78. The molecule has 0 saturated carbocycles. The van der Waals surface area contributed by atoms with E-state index >= 15 is 0 Å². The van der Waals surface area contributed by atoms with Gasteiger partial charge in [-0.25, -0.2) is 18.8 Å². The first-order chi connectivity index (χ1) is 9.29. The Morgan fingerprint density at radius 2 is 1.85 bits per heavy atom. The fraction of sp³-hybridized carbons (Fsp3) is 0.615. The van der Waals surface area contributed by atoms with E-state index in [0.29, 0.717) is 18.9 Å². The Morgan fingerprint density at radius 1 is 1.20 bits per heavy atom. The SMILES string of the molecule is CC(C)(C)NNc1ccc(S(=O)(=O)N2CCCC2)cn1. The van der Waals surface area contributed by atoms with E-state index in [-0.39, 0.29) is 10.4 Å². The fourth-order valence-electron chi connectivity index (χ4n) is 1.94. The van der Waals surface area contributed by atoms with Crippen LogP contribution < -0.4 is 10.9 Å². The van der Waals surface area contributed by atoms with Crippen molar-refractivity contribution in [2.75, 3.05) is 18.5 Å². The number of hydrogen-bond donors (Lipinski definition) is 2. The summed E-state index contributed by atoms with van der Waals surface area (Å²) in [6, 6.07) is 3.26. The quantitative estimate of drug-likeness (QED) is 0.826. The van der Waals surface area contributed by atoms with Crippen molar-refractivity contribution in [3.05, 3.63) is 18.3 Å². The Morgan fingerprint density at radius 3 is 2.35 bits per heavy atom. The summed E-state index contributed by atoms with van der Waals surface area (Å²) in [5, 5.41) is 0. The molecular formula is C13H22N4O2S. The van der Waals surface area contributed by atoms with E-state index in [1.807, 2.05) is 20.8 Å². The van der Waals surface area contributed by atoms with Gasteiger partial charge in [-0.3, -0.25) is 0 Å². The van der Waals surface area contributed by atoms with E-state index in [2.05, 4.69) is 15.8 Å². The van der Waals surface area contributed by atoms with Gasteiger partial charge in [-0.1, -0.05) is 0 Å². The van der Waals surface area contributed by atoms with Gasteiger partial charge < -0.3 is 5.43 Å². The largest absolute Gasteiger partial charge is 0.305 e. The minimum absolute atomic E-state index is 0.0953. The van der Waals surface area contributed by atoms with E-state index in [1.165, 1.54) is 10.5 Å². The molecule has 7 heteroatoms. The van der Waals surface area contributed by atoms with E-state index in [9.17, 15) is 8.42 Å². The highest BCUT2D eigenvalue weighted by Gasteiger charge is 2.27. The Balaban J connectivity index is 2.08.